The van der Waals surface area contributed by atoms with Gasteiger partial charge in [-0.05, 0) is 37.5 Å². The maximum atomic E-state index is 4.83. The normalized spacial score (nSPS) is 11.2. The molecule has 0 spiro atoms. The fourth-order valence-corrected chi connectivity index (χ4v) is 3.73. The van der Waals surface area contributed by atoms with E-state index >= 15 is 0 Å². The number of hydrogen-bond donors (Lipinski definition) is 1. The van der Waals surface area contributed by atoms with Gasteiger partial charge in [-0.15, -0.1) is 0 Å². The fourth-order valence-electron chi connectivity index (χ4n) is 2.70. The van der Waals surface area contributed by atoms with Crippen molar-refractivity contribution in [1.29, 1.82) is 0 Å². The monoisotopic (exact) mass is 349 g/mol. The summed E-state index contributed by atoms with van der Waals surface area (Å²) < 4.78 is 0. The Balaban J connectivity index is 1.87. The number of nitrogens with one attached hydrogen (secondary N) is 1. The third-order valence-electron chi connectivity index (χ3n) is 4.00. The molecule has 0 unspecified atom stereocenters. The SMILES string of the molecule is CCCc1sc(N/N=C\c2ccccc2)nc1-c1cc(C)ccc1C. The number of aryl methyl sites for hydroxylation is 3. The molecule has 0 radical (unpaired) electrons. The van der Waals surface area contributed by atoms with E-state index in [1.807, 2.05) is 36.5 Å². The standard InChI is InChI=1S/C21H23N3S/c1-4-8-19-20(18-13-15(2)11-12-16(18)3)23-21(25-19)24-22-14-17-9-6-5-7-10-17/h5-7,9-14H,4,8H2,1-3H3,(H,23,24)/b22-14-. The van der Waals surface area contributed by atoms with Crippen molar-refractivity contribution in [2.24, 2.45) is 5.10 Å². The first-order valence-electron chi connectivity index (χ1n) is 8.59. The van der Waals surface area contributed by atoms with Gasteiger partial charge in [0.2, 0.25) is 5.13 Å². The van der Waals surface area contributed by atoms with Crippen LogP contribution in [0.1, 0.15) is 34.9 Å². The largest absolute Gasteiger partial charge is 0.253 e. The molecule has 25 heavy (non-hydrogen) atoms. The molecular weight excluding hydrogens is 326 g/mol. The minimum absolute atomic E-state index is 0.839. The number of nitrogens with zero attached hydrogens (tertiary/aromatic N) is 2. The number of anilines is 1. The quantitative estimate of drug-likeness (QED) is 0.449. The fraction of sp³-hybridized carbons (Fsp3) is 0.238. The smallest absolute Gasteiger partial charge is 0.204 e. The first-order valence-corrected chi connectivity index (χ1v) is 9.40. The Hall–Kier alpha value is -2.46. The number of aromatic nitrogens is 1. The van der Waals surface area contributed by atoms with Crippen LogP contribution in [0.3, 0.4) is 0 Å². The molecule has 3 nitrogen and oxygen atoms in total. The first-order chi connectivity index (χ1) is 12.2. The van der Waals surface area contributed by atoms with Crippen LogP contribution in [-0.2, 0) is 6.42 Å². The van der Waals surface area contributed by atoms with E-state index in [9.17, 15) is 0 Å². The van der Waals surface area contributed by atoms with Gasteiger partial charge in [0.25, 0.3) is 0 Å². The second-order valence-electron chi connectivity index (χ2n) is 6.14. The molecule has 2 aromatic carbocycles. The Morgan fingerprint density at radius 1 is 1.12 bits per heavy atom. The summed E-state index contributed by atoms with van der Waals surface area (Å²) in [6, 6.07) is 16.6. The van der Waals surface area contributed by atoms with E-state index < -0.39 is 0 Å². The van der Waals surface area contributed by atoms with Gasteiger partial charge in [0.15, 0.2) is 0 Å². The highest BCUT2D eigenvalue weighted by atomic mass is 32.1. The van der Waals surface area contributed by atoms with Crippen LogP contribution in [0.2, 0.25) is 0 Å². The molecule has 0 saturated carbocycles. The summed E-state index contributed by atoms with van der Waals surface area (Å²) in [6.07, 6.45) is 3.95. The van der Waals surface area contributed by atoms with Crippen LogP contribution >= 0.6 is 11.3 Å². The van der Waals surface area contributed by atoms with Crippen LogP contribution in [0.5, 0.6) is 0 Å². The Morgan fingerprint density at radius 2 is 1.92 bits per heavy atom. The number of benzene rings is 2. The average molecular weight is 350 g/mol. The van der Waals surface area contributed by atoms with E-state index in [0.717, 1.165) is 29.2 Å². The second kappa shape index (κ2) is 8.08. The predicted molar refractivity (Wildman–Crippen MR) is 109 cm³/mol. The molecule has 1 heterocycles. The van der Waals surface area contributed by atoms with Gasteiger partial charge >= 0.3 is 0 Å². The molecule has 1 aromatic heterocycles. The van der Waals surface area contributed by atoms with Crippen LogP contribution in [0, 0.1) is 13.8 Å². The lowest BCUT2D eigenvalue weighted by atomic mass is 10.0. The summed E-state index contributed by atoms with van der Waals surface area (Å²) in [5.74, 6) is 0. The summed E-state index contributed by atoms with van der Waals surface area (Å²) in [7, 11) is 0. The molecule has 0 aliphatic heterocycles. The number of rotatable bonds is 6. The van der Waals surface area contributed by atoms with Gasteiger partial charge in [-0.2, -0.15) is 5.10 Å². The summed E-state index contributed by atoms with van der Waals surface area (Å²) in [5, 5.41) is 5.17. The van der Waals surface area contributed by atoms with Crippen molar-refractivity contribution in [2.75, 3.05) is 5.43 Å². The summed E-state index contributed by atoms with van der Waals surface area (Å²) in [5.41, 5.74) is 8.98. The molecule has 0 amide bonds. The minimum Gasteiger partial charge on any atom is -0.253 e. The first kappa shape index (κ1) is 17.4. The molecular formula is C21H23N3S. The summed E-state index contributed by atoms with van der Waals surface area (Å²) >= 11 is 1.69. The maximum absolute atomic E-state index is 4.83. The van der Waals surface area contributed by atoms with Gasteiger partial charge in [0.05, 0.1) is 11.9 Å². The third-order valence-corrected chi connectivity index (χ3v) is 5.02. The Morgan fingerprint density at radius 3 is 2.68 bits per heavy atom. The van der Waals surface area contributed by atoms with Crippen LogP contribution in [-0.4, -0.2) is 11.2 Å². The lowest BCUT2D eigenvalue weighted by molar-refractivity contribution is 0.938. The van der Waals surface area contributed by atoms with Gasteiger partial charge in [-0.25, -0.2) is 4.98 Å². The zero-order valence-corrected chi connectivity index (χ0v) is 15.7. The van der Waals surface area contributed by atoms with E-state index in [0.29, 0.717) is 0 Å². The third kappa shape index (κ3) is 4.34. The van der Waals surface area contributed by atoms with Crippen LogP contribution < -0.4 is 5.43 Å². The molecule has 3 aromatic rings. The van der Waals surface area contributed by atoms with Crippen molar-refractivity contribution in [1.82, 2.24) is 4.98 Å². The van der Waals surface area contributed by atoms with Crippen LogP contribution in [0.15, 0.2) is 53.6 Å². The number of thiazole rings is 1. The molecule has 0 aliphatic rings. The van der Waals surface area contributed by atoms with Gasteiger partial charge in [-0.3, -0.25) is 5.43 Å². The molecule has 0 atom stereocenters. The van der Waals surface area contributed by atoms with Crippen molar-refractivity contribution < 1.29 is 0 Å². The second-order valence-corrected chi connectivity index (χ2v) is 7.22. The number of hydrogen-bond acceptors (Lipinski definition) is 4. The predicted octanol–water partition coefficient (Wildman–Crippen LogP) is 5.83. The van der Waals surface area contributed by atoms with Crippen LogP contribution in [0.25, 0.3) is 11.3 Å². The highest BCUT2D eigenvalue weighted by molar-refractivity contribution is 7.16. The summed E-state index contributed by atoms with van der Waals surface area (Å²) in [6.45, 7) is 6.47. The molecule has 4 heteroatoms. The average Bonchev–Trinajstić information content (AvgIpc) is 3.01. The van der Waals surface area contributed by atoms with Crippen molar-refractivity contribution >= 4 is 22.7 Å². The van der Waals surface area contributed by atoms with Crippen LogP contribution in [0.4, 0.5) is 5.13 Å². The highest BCUT2D eigenvalue weighted by Gasteiger charge is 2.14. The molecule has 128 valence electrons. The molecule has 1 N–H and O–H groups in total. The number of hydrazone groups is 1. The van der Waals surface area contributed by atoms with Crippen molar-refractivity contribution in [2.45, 2.75) is 33.6 Å². The van der Waals surface area contributed by atoms with Crippen molar-refractivity contribution in [3.63, 3.8) is 0 Å². The van der Waals surface area contributed by atoms with E-state index in [2.05, 4.69) is 49.5 Å². The lowest BCUT2D eigenvalue weighted by Gasteiger charge is -2.06. The Kier molecular flexibility index (Phi) is 5.61. The highest BCUT2D eigenvalue weighted by Crippen LogP contribution is 2.34. The van der Waals surface area contributed by atoms with E-state index in [1.165, 1.54) is 21.6 Å². The van der Waals surface area contributed by atoms with Gasteiger partial charge in [0.1, 0.15) is 0 Å². The van der Waals surface area contributed by atoms with Gasteiger partial charge in [0, 0.05) is 10.4 Å². The van der Waals surface area contributed by atoms with E-state index in [-0.39, 0.29) is 0 Å². The zero-order valence-electron chi connectivity index (χ0n) is 14.9. The van der Waals surface area contributed by atoms with E-state index in [1.54, 1.807) is 11.3 Å². The van der Waals surface area contributed by atoms with E-state index in [4.69, 9.17) is 4.98 Å². The summed E-state index contributed by atoms with van der Waals surface area (Å²) in [4.78, 5) is 6.14. The zero-order chi connectivity index (χ0) is 17.6. The van der Waals surface area contributed by atoms with Gasteiger partial charge in [-0.1, -0.05) is 72.7 Å². The molecule has 0 bridgehead atoms. The Labute approximate surface area is 153 Å². The van der Waals surface area contributed by atoms with Crippen molar-refractivity contribution in [3.05, 3.63) is 70.1 Å². The minimum atomic E-state index is 0.839. The van der Waals surface area contributed by atoms with Crippen molar-refractivity contribution in [3.8, 4) is 11.3 Å². The lowest BCUT2D eigenvalue weighted by Crippen LogP contribution is -1.91. The molecule has 0 aliphatic carbocycles. The topological polar surface area (TPSA) is 37.3 Å². The van der Waals surface area contributed by atoms with Gasteiger partial charge < -0.3 is 0 Å². The Bertz CT molecular complexity index is 866. The molecule has 0 saturated heterocycles. The molecule has 0 fully saturated rings. The maximum Gasteiger partial charge on any atom is 0.204 e. The molecule has 3 rings (SSSR count).